The summed E-state index contributed by atoms with van der Waals surface area (Å²) >= 11 is 6.12. The number of Topliss-reactive ketones (excluding diaryl/α,β-unsaturated/α-hetero) is 1. The van der Waals surface area contributed by atoms with Crippen LogP contribution in [0.1, 0.15) is 24.2 Å². The van der Waals surface area contributed by atoms with Gasteiger partial charge in [-0.15, -0.1) is 0 Å². The average molecular weight is 298 g/mol. The van der Waals surface area contributed by atoms with Gasteiger partial charge in [0.25, 0.3) is 0 Å². The molecular formula is C15H20ClNO3. The van der Waals surface area contributed by atoms with Gasteiger partial charge < -0.3 is 9.47 Å². The van der Waals surface area contributed by atoms with Crippen LogP contribution in [0.15, 0.2) is 18.2 Å². The molecule has 110 valence electrons. The van der Waals surface area contributed by atoms with Crippen molar-refractivity contribution in [3.63, 3.8) is 0 Å². The van der Waals surface area contributed by atoms with Crippen LogP contribution in [0.3, 0.4) is 0 Å². The number of nitrogens with zero attached hydrogens (tertiary/aromatic N) is 1. The number of carbonyl (C=O) groups is 1. The van der Waals surface area contributed by atoms with Crippen LogP contribution in [0.5, 0.6) is 5.75 Å². The lowest BCUT2D eigenvalue weighted by atomic mass is 10.1. The molecule has 0 amide bonds. The summed E-state index contributed by atoms with van der Waals surface area (Å²) in [7, 11) is 0. The maximum Gasteiger partial charge on any atom is 0.159 e. The van der Waals surface area contributed by atoms with Gasteiger partial charge in [0.2, 0.25) is 0 Å². The zero-order chi connectivity index (χ0) is 14.5. The fourth-order valence-corrected chi connectivity index (χ4v) is 2.42. The number of benzene rings is 1. The Balaban J connectivity index is 1.92. The van der Waals surface area contributed by atoms with E-state index in [1.165, 1.54) is 6.92 Å². The molecule has 0 bridgehead atoms. The molecule has 1 aliphatic rings. The standard InChI is InChI=1S/C15H20ClNO3/c1-3-17-6-7-19-13(9-17)10-20-15-5-4-12(11(2)18)8-14(15)16/h4-5,8,13H,3,6-7,9-10H2,1-2H3. The fourth-order valence-electron chi connectivity index (χ4n) is 2.19. The molecule has 1 fully saturated rings. The third-order valence-corrected chi connectivity index (χ3v) is 3.73. The zero-order valence-corrected chi connectivity index (χ0v) is 12.7. The molecule has 1 heterocycles. The Bertz CT molecular complexity index is 478. The number of ether oxygens (including phenoxy) is 2. The second-order valence-corrected chi connectivity index (χ2v) is 5.31. The highest BCUT2D eigenvalue weighted by atomic mass is 35.5. The minimum Gasteiger partial charge on any atom is -0.489 e. The lowest BCUT2D eigenvalue weighted by Crippen LogP contribution is -2.44. The molecule has 4 nitrogen and oxygen atoms in total. The van der Waals surface area contributed by atoms with E-state index < -0.39 is 0 Å². The van der Waals surface area contributed by atoms with Crippen molar-refractivity contribution in [2.45, 2.75) is 20.0 Å². The van der Waals surface area contributed by atoms with E-state index in [1.54, 1.807) is 18.2 Å². The molecule has 1 aromatic rings. The number of hydrogen-bond acceptors (Lipinski definition) is 4. The highest BCUT2D eigenvalue weighted by molar-refractivity contribution is 6.32. The van der Waals surface area contributed by atoms with Crippen LogP contribution < -0.4 is 4.74 Å². The van der Waals surface area contributed by atoms with Gasteiger partial charge >= 0.3 is 0 Å². The van der Waals surface area contributed by atoms with Gasteiger partial charge in [0.1, 0.15) is 18.5 Å². The molecule has 1 aromatic carbocycles. The molecule has 1 aliphatic heterocycles. The Morgan fingerprint density at radius 2 is 2.35 bits per heavy atom. The van der Waals surface area contributed by atoms with Gasteiger partial charge in [-0.05, 0) is 31.7 Å². The van der Waals surface area contributed by atoms with Crippen molar-refractivity contribution in [3.8, 4) is 5.75 Å². The lowest BCUT2D eigenvalue weighted by Gasteiger charge is -2.31. The largest absolute Gasteiger partial charge is 0.489 e. The Labute approximate surface area is 124 Å². The number of rotatable bonds is 5. The molecule has 0 aromatic heterocycles. The minimum absolute atomic E-state index is 0.00680. The summed E-state index contributed by atoms with van der Waals surface area (Å²) in [6, 6.07) is 5.10. The zero-order valence-electron chi connectivity index (χ0n) is 11.9. The molecule has 0 spiro atoms. The van der Waals surface area contributed by atoms with Crippen LogP contribution in [0.25, 0.3) is 0 Å². The predicted octanol–water partition coefficient (Wildman–Crippen LogP) is 2.64. The number of likely N-dealkylation sites (N-methyl/N-ethyl adjacent to an activating group) is 1. The first-order valence-corrected chi connectivity index (χ1v) is 7.25. The first-order valence-electron chi connectivity index (χ1n) is 6.87. The number of carbonyl (C=O) groups excluding carboxylic acids is 1. The second kappa shape index (κ2) is 7.07. The third kappa shape index (κ3) is 3.95. The fraction of sp³-hybridized carbons (Fsp3) is 0.533. The van der Waals surface area contributed by atoms with E-state index >= 15 is 0 Å². The van der Waals surface area contributed by atoms with Crippen molar-refractivity contribution in [1.29, 1.82) is 0 Å². The van der Waals surface area contributed by atoms with Gasteiger partial charge in [-0.3, -0.25) is 9.69 Å². The van der Waals surface area contributed by atoms with Gasteiger partial charge in [-0.2, -0.15) is 0 Å². The summed E-state index contributed by atoms with van der Waals surface area (Å²) in [6.07, 6.45) is 0.0623. The molecule has 2 rings (SSSR count). The van der Waals surface area contributed by atoms with Crippen LogP contribution in [-0.4, -0.2) is 49.6 Å². The first kappa shape index (κ1) is 15.3. The van der Waals surface area contributed by atoms with E-state index in [0.29, 0.717) is 22.9 Å². The molecule has 0 aliphatic carbocycles. The second-order valence-electron chi connectivity index (χ2n) is 4.90. The number of halogens is 1. The molecule has 20 heavy (non-hydrogen) atoms. The van der Waals surface area contributed by atoms with E-state index in [0.717, 1.165) is 26.2 Å². The molecule has 1 atom stereocenters. The third-order valence-electron chi connectivity index (χ3n) is 3.43. The summed E-state index contributed by atoms with van der Waals surface area (Å²) in [5, 5.41) is 0.459. The molecule has 0 radical (unpaired) electrons. The lowest BCUT2D eigenvalue weighted by molar-refractivity contribution is -0.0463. The first-order chi connectivity index (χ1) is 9.60. The quantitative estimate of drug-likeness (QED) is 0.783. The number of ketones is 1. The molecule has 1 saturated heterocycles. The molecule has 5 heteroatoms. The van der Waals surface area contributed by atoms with Crippen LogP contribution in [0, 0.1) is 0 Å². The Morgan fingerprint density at radius 1 is 1.55 bits per heavy atom. The molecule has 0 saturated carbocycles. The van der Waals surface area contributed by atoms with Gasteiger partial charge in [0.15, 0.2) is 5.78 Å². The summed E-state index contributed by atoms with van der Waals surface area (Å²) in [5.74, 6) is 0.585. The maximum absolute atomic E-state index is 11.3. The monoisotopic (exact) mass is 297 g/mol. The Morgan fingerprint density at radius 3 is 3.00 bits per heavy atom. The number of morpholine rings is 1. The highest BCUT2D eigenvalue weighted by Gasteiger charge is 2.20. The molecular weight excluding hydrogens is 278 g/mol. The van der Waals surface area contributed by atoms with Crippen molar-refractivity contribution < 1.29 is 14.3 Å². The summed E-state index contributed by atoms with van der Waals surface area (Å²) < 4.78 is 11.4. The molecule has 0 N–H and O–H groups in total. The van der Waals surface area contributed by atoms with Gasteiger partial charge in [-0.25, -0.2) is 0 Å². The SMILES string of the molecule is CCN1CCOC(COc2ccc(C(C)=O)cc2Cl)C1. The summed E-state index contributed by atoms with van der Waals surface area (Å²) in [4.78, 5) is 13.6. The predicted molar refractivity (Wildman–Crippen MR) is 78.8 cm³/mol. The van der Waals surface area contributed by atoms with Crippen LogP contribution in [0.4, 0.5) is 0 Å². The van der Waals surface area contributed by atoms with Crippen molar-refractivity contribution in [2.75, 3.05) is 32.8 Å². The number of hydrogen-bond donors (Lipinski definition) is 0. The minimum atomic E-state index is -0.00680. The van der Waals surface area contributed by atoms with E-state index in [2.05, 4.69) is 11.8 Å². The van der Waals surface area contributed by atoms with Crippen molar-refractivity contribution in [3.05, 3.63) is 28.8 Å². The summed E-state index contributed by atoms with van der Waals surface area (Å²) in [6.45, 7) is 7.73. The maximum atomic E-state index is 11.3. The Hall–Kier alpha value is -1.10. The van der Waals surface area contributed by atoms with E-state index in [9.17, 15) is 4.79 Å². The normalized spacial score (nSPS) is 19.9. The van der Waals surface area contributed by atoms with E-state index in [1.807, 2.05) is 0 Å². The van der Waals surface area contributed by atoms with Crippen LogP contribution in [-0.2, 0) is 4.74 Å². The van der Waals surface area contributed by atoms with E-state index in [-0.39, 0.29) is 11.9 Å². The Kier molecular flexibility index (Phi) is 5.40. The topological polar surface area (TPSA) is 38.8 Å². The van der Waals surface area contributed by atoms with Crippen LogP contribution >= 0.6 is 11.6 Å². The van der Waals surface area contributed by atoms with E-state index in [4.69, 9.17) is 21.1 Å². The average Bonchev–Trinajstić information content (AvgIpc) is 2.46. The van der Waals surface area contributed by atoms with Gasteiger partial charge in [-0.1, -0.05) is 18.5 Å². The van der Waals surface area contributed by atoms with Crippen LogP contribution in [0.2, 0.25) is 5.02 Å². The highest BCUT2D eigenvalue weighted by Crippen LogP contribution is 2.26. The van der Waals surface area contributed by atoms with Gasteiger partial charge in [0.05, 0.1) is 11.6 Å². The summed E-state index contributed by atoms with van der Waals surface area (Å²) in [5.41, 5.74) is 0.591. The van der Waals surface area contributed by atoms with Gasteiger partial charge in [0, 0.05) is 18.7 Å². The van der Waals surface area contributed by atoms with Crippen molar-refractivity contribution in [2.24, 2.45) is 0 Å². The molecule has 1 unspecified atom stereocenters. The van der Waals surface area contributed by atoms with Crippen molar-refractivity contribution in [1.82, 2.24) is 4.90 Å². The van der Waals surface area contributed by atoms with Crippen molar-refractivity contribution >= 4 is 17.4 Å². The smallest absolute Gasteiger partial charge is 0.159 e.